The molecule has 2 heteroatoms. The normalized spacial score (nSPS) is 13.8. The van der Waals surface area contributed by atoms with Gasteiger partial charge in [-0.2, -0.15) is 0 Å². The number of benzene rings is 10. The minimum absolute atomic E-state index is 0.0910. The van der Waals surface area contributed by atoms with Crippen molar-refractivity contribution in [1.29, 1.82) is 0 Å². The van der Waals surface area contributed by atoms with Crippen molar-refractivity contribution in [3.8, 4) is 66.8 Å². The van der Waals surface area contributed by atoms with E-state index in [-0.39, 0.29) is 10.8 Å². The van der Waals surface area contributed by atoms with Crippen molar-refractivity contribution < 1.29 is 4.42 Å². The molecular formula is C66H49NO. The zero-order valence-electron chi connectivity index (χ0n) is 38.7. The van der Waals surface area contributed by atoms with Gasteiger partial charge in [0.05, 0.1) is 0 Å². The standard InChI is InChI=1S/C66H49NO/c1-65(2)59-22-11-8-17-53(59)55-35-29-44(40-61(55)65)47-37-46(38-48(39-47)45-30-36-56-54-18-9-12-23-60(54)66(3,4)62(56)41-45)42-25-31-50(32-26-42)67(49-15-6-5-7-16-49)51-33-27-43(28-34-51)52-20-14-21-58-57-19-10-13-24-63(57)68-64(52)58/h5-41H,1-4H3. The lowest BCUT2D eigenvalue weighted by Gasteiger charge is -2.26. The van der Waals surface area contributed by atoms with Crippen molar-refractivity contribution in [3.63, 3.8) is 0 Å². The largest absolute Gasteiger partial charge is 0.455 e. The molecule has 10 aromatic carbocycles. The second-order valence-corrected chi connectivity index (χ2v) is 19.7. The van der Waals surface area contributed by atoms with Gasteiger partial charge in [0.2, 0.25) is 0 Å². The maximum atomic E-state index is 6.43. The molecule has 11 aromatic rings. The molecule has 2 aliphatic carbocycles. The van der Waals surface area contributed by atoms with Crippen molar-refractivity contribution >= 4 is 39.0 Å². The van der Waals surface area contributed by atoms with E-state index in [2.05, 4.69) is 245 Å². The summed E-state index contributed by atoms with van der Waals surface area (Å²) in [6.07, 6.45) is 0. The second-order valence-electron chi connectivity index (χ2n) is 19.7. The molecule has 0 saturated carbocycles. The van der Waals surface area contributed by atoms with Crippen LogP contribution in [0, 0.1) is 0 Å². The second kappa shape index (κ2) is 15.2. The first-order valence-electron chi connectivity index (χ1n) is 23.8. The Morgan fingerprint density at radius 3 is 1.31 bits per heavy atom. The Kier molecular flexibility index (Phi) is 8.95. The summed E-state index contributed by atoms with van der Waals surface area (Å²) in [5, 5.41) is 2.27. The molecule has 0 N–H and O–H groups in total. The van der Waals surface area contributed by atoms with Crippen LogP contribution in [0.15, 0.2) is 229 Å². The van der Waals surface area contributed by atoms with E-state index in [9.17, 15) is 0 Å². The van der Waals surface area contributed by atoms with Crippen LogP contribution >= 0.6 is 0 Å². The van der Waals surface area contributed by atoms with E-state index >= 15 is 0 Å². The van der Waals surface area contributed by atoms with Crippen LogP contribution in [0.1, 0.15) is 49.9 Å². The lowest BCUT2D eigenvalue weighted by molar-refractivity contribution is 0.660. The van der Waals surface area contributed by atoms with Crippen molar-refractivity contribution in [2.24, 2.45) is 0 Å². The summed E-state index contributed by atoms with van der Waals surface area (Å²) in [4.78, 5) is 2.34. The molecule has 2 aliphatic rings. The molecule has 0 spiro atoms. The number of hydrogen-bond donors (Lipinski definition) is 0. The highest BCUT2D eigenvalue weighted by Gasteiger charge is 2.36. The number of furan rings is 1. The van der Waals surface area contributed by atoms with E-state index in [1.807, 2.05) is 12.1 Å². The Morgan fingerprint density at radius 2 is 0.721 bits per heavy atom. The Labute approximate surface area is 398 Å². The van der Waals surface area contributed by atoms with Gasteiger partial charge in [-0.25, -0.2) is 0 Å². The minimum atomic E-state index is -0.0910. The molecule has 324 valence electrons. The molecule has 0 atom stereocenters. The first kappa shape index (κ1) is 40.1. The highest BCUT2D eigenvalue weighted by atomic mass is 16.3. The molecule has 0 saturated heterocycles. The van der Waals surface area contributed by atoms with Gasteiger partial charge in [0.1, 0.15) is 11.2 Å². The summed E-state index contributed by atoms with van der Waals surface area (Å²) in [6, 6.07) is 82.6. The molecule has 0 fully saturated rings. The van der Waals surface area contributed by atoms with E-state index in [4.69, 9.17) is 4.42 Å². The third-order valence-electron chi connectivity index (χ3n) is 15.1. The average Bonchev–Trinajstić information content (AvgIpc) is 3.96. The lowest BCUT2D eigenvalue weighted by Crippen LogP contribution is -2.15. The van der Waals surface area contributed by atoms with E-state index in [1.54, 1.807) is 0 Å². The van der Waals surface area contributed by atoms with E-state index in [0.29, 0.717) is 0 Å². The summed E-state index contributed by atoms with van der Waals surface area (Å²) >= 11 is 0. The fraction of sp³-hybridized carbons (Fsp3) is 0.0909. The lowest BCUT2D eigenvalue weighted by atomic mass is 9.81. The summed E-state index contributed by atoms with van der Waals surface area (Å²) in [6.45, 7) is 9.46. The van der Waals surface area contributed by atoms with Crippen LogP contribution in [0.25, 0.3) is 88.7 Å². The van der Waals surface area contributed by atoms with Gasteiger partial charge in [-0.3, -0.25) is 0 Å². The highest BCUT2D eigenvalue weighted by Crippen LogP contribution is 2.52. The Bertz CT molecular complexity index is 3650. The number of anilines is 3. The Hall–Kier alpha value is -8.20. The van der Waals surface area contributed by atoms with Gasteiger partial charge in [0, 0.05) is 44.2 Å². The van der Waals surface area contributed by atoms with Crippen LogP contribution in [0.2, 0.25) is 0 Å². The van der Waals surface area contributed by atoms with Crippen molar-refractivity contribution in [2.45, 2.75) is 38.5 Å². The van der Waals surface area contributed by atoms with Crippen LogP contribution in [-0.2, 0) is 10.8 Å². The zero-order chi connectivity index (χ0) is 45.7. The predicted octanol–water partition coefficient (Wildman–Crippen LogP) is 18.3. The molecule has 1 aromatic heterocycles. The molecular weight excluding hydrogens is 823 g/mol. The topological polar surface area (TPSA) is 16.4 Å². The molecule has 68 heavy (non-hydrogen) atoms. The molecule has 0 radical (unpaired) electrons. The summed E-state index contributed by atoms with van der Waals surface area (Å²) in [7, 11) is 0. The van der Waals surface area contributed by atoms with Crippen LogP contribution in [-0.4, -0.2) is 0 Å². The van der Waals surface area contributed by atoms with Gasteiger partial charge >= 0.3 is 0 Å². The number of nitrogens with zero attached hydrogens (tertiary/aromatic N) is 1. The molecule has 0 aliphatic heterocycles. The van der Waals surface area contributed by atoms with Gasteiger partial charge in [-0.1, -0.05) is 179 Å². The fourth-order valence-corrected chi connectivity index (χ4v) is 11.5. The Morgan fingerprint density at radius 1 is 0.294 bits per heavy atom. The maximum absolute atomic E-state index is 6.43. The van der Waals surface area contributed by atoms with E-state index in [1.165, 1.54) is 77.9 Å². The van der Waals surface area contributed by atoms with Gasteiger partial charge < -0.3 is 9.32 Å². The molecule has 1 heterocycles. The zero-order valence-corrected chi connectivity index (χ0v) is 38.7. The summed E-state index contributed by atoms with van der Waals surface area (Å²) < 4.78 is 6.43. The SMILES string of the molecule is CC1(C)c2ccccc2-c2ccc(-c3cc(-c4ccc(N(c5ccccc5)c5ccc(-c6cccc7c6oc6ccccc67)cc5)cc4)cc(-c4ccc5c(c4)C(C)(C)c4ccccc4-5)c3)cc21. The smallest absolute Gasteiger partial charge is 0.143 e. The highest BCUT2D eigenvalue weighted by molar-refractivity contribution is 6.09. The number of hydrogen-bond acceptors (Lipinski definition) is 2. The summed E-state index contributed by atoms with van der Waals surface area (Å²) in [5.74, 6) is 0. The van der Waals surface area contributed by atoms with Crippen molar-refractivity contribution in [2.75, 3.05) is 4.90 Å². The third-order valence-corrected chi connectivity index (χ3v) is 15.1. The first-order valence-corrected chi connectivity index (χ1v) is 23.8. The first-order chi connectivity index (χ1) is 33.2. The fourth-order valence-electron chi connectivity index (χ4n) is 11.5. The minimum Gasteiger partial charge on any atom is -0.455 e. The van der Waals surface area contributed by atoms with Gasteiger partial charge in [-0.15, -0.1) is 0 Å². The summed E-state index contributed by atoms with van der Waals surface area (Å²) in [5.41, 5.74) is 25.3. The van der Waals surface area contributed by atoms with Crippen molar-refractivity contribution in [1.82, 2.24) is 0 Å². The van der Waals surface area contributed by atoms with E-state index in [0.717, 1.165) is 50.1 Å². The van der Waals surface area contributed by atoms with Crippen LogP contribution in [0.4, 0.5) is 17.1 Å². The molecule has 13 rings (SSSR count). The van der Waals surface area contributed by atoms with Crippen LogP contribution < -0.4 is 4.90 Å². The predicted molar refractivity (Wildman–Crippen MR) is 285 cm³/mol. The molecule has 0 amide bonds. The molecule has 0 unspecified atom stereocenters. The Balaban J connectivity index is 0.903. The number of rotatable bonds is 7. The maximum Gasteiger partial charge on any atom is 0.143 e. The third kappa shape index (κ3) is 6.25. The van der Waals surface area contributed by atoms with Gasteiger partial charge in [-0.05, 0) is 156 Å². The molecule has 2 nitrogen and oxygen atoms in total. The monoisotopic (exact) mass is 871 g/mol. The average molecular weight is 872 g/mol. The van der Waals surface area contributed by atoms with Crippen LogP contribution in [0.3, 0.4) is 0 Å². The number of fused-ring (bicyclic) bond motifs is 9. The van der Waals surface area contributed by atoms with Gasteiger partial charge in [0.15, 0.2) is 0 Å². The quantitative estimate of drug-likeness (QED) is 0.159. The number of para-hydroxylation sites is 3. The molecule has 0 bridgehead atoms. The van der Waals surface area contributed by atoms with E-state index < -0.39 is 0 Å². The van der Waals surface area contributed by atoms with Crippen LogP contribution in [0.5, 0.6) is 0 Å². The van der Waals surface area contributed by atoms with Gasteiger partial charge in [0.25, 0.3) is 0 Å². The van der Waals surface area contributed by atoms with Crippen molar-refractivity contribution in [3.05, 3.63) is 247 Å².